The summed E-state index contributed by atoms with van der Waals surface area (Å²) < 4.78 is 5.59. The van der Waals surface area contributed by atoms with E-state index >= 15 is 0 Å². The zero-order valence-electron chi connectivity index (χ0n) is 15.3. The fourth-order valence-electron chi connectivity index (χ4n) is 4.34. The second-order valence-electron chi connectivity index (χ2n) is 7.42. The number of aryl methyl sites for hydroxylation is 1. The molecule has 1 saturated carbocycles. The first-order chi connectivity index (χ1) is 11.7. The highest BCUT2D eigenvalue weighted by Crippen LogP contribution is 2.35. The summed E-state index contributed by atoms with van der Waals surface area (Å²) in [5, 5.41) is 0. The third-order valence-electron chi connectivity index (χ3n) is 5.56. The standard InChI is InChI=1S/C19H32N4O/c1-3-18-20-13-17(14-21-18)15-22(2)16-19(7-5-4-6-8-19)23-9-11-24-12-10-23/h13-14H,3-12,15-16H2,1-2H3. The lowest BCUT2D eigenvalue weighted by atomic mass is 9.79. The topological polar surface area (TPSA) is 41.5 Å². The van der Waals surface area contributed by atoms with Gasteiger partial charge in [0, 0.05) is 56.1 Å². The van der Waals surface area contributed by atoms with Crippen molar-refractivity contribution in [3.63, 3.8) is 0 Å². The molecular formula is C19H32N4O. The molecule has 0 atom stereocenters. The van der Waals surface area contributed by atoms with E-state index in [4.69, 9.17) is 4.74 Å². The summed E-state index contributed by atoms with van der Waals surface area (Å²) in [6, 6.07) is 0. The van der Waals surface area contributed by atoms with Crippen molar-refractivity contribution in [1.29, 1.82) is 0 Å². The number of morpholine rings is 1. The summed E-state index contributed by atoms with van der Waals surface area (Å²) >= 11 is 0. The maximum Gasteiger partial charge on any atom is 0.127 e. The summed E-state index contributed by atoms with van der Waals surface area (Å²) in [7, 11) is 2.24. The first kappa shape index (κ1) is 17.8. The van der Waals surface area contributed by atoms with Crippen LogP contribution in [0.3, 0.4) is 0 Å². The van der Waals surface area contributed by atoms with Crippen molar-refractivity contribution in [2.45, 2.75) is 57.5 Å². The van der Waals surface area contributed by atoms with Crippen molar-refractivity contribution in [2.75, 3.05) is 39.9 Å². The van der Waals surface area contributed by atoms with Gasteiger partial charge in [0.25, 0.3) is 0 Å². The highest BCUT2D eigenvalue weighted by molar-refractivity contribution is 5.06. The molecule has 2 heterocycles. The molecule has 5 heteroatoms. The lowest BCUT2D eigenvalue weighted by molar-refractivity contribution is -0.0491. The Bertz CT molecular complexity index is 493. The smallest absolute Gasteiger partial charge is 0.127 e. The van der Waals surface area contributed by atoms with E-state index < -0.39 is 0 Å². The number of rotatable bonds is 6. The van der Waals surface area contributed by atoms with Crippen LogP contribution >= 0.6 is 0 Å². The Balaban J connectivity index is 1.64. The van der Waals surface area contributed by atoms with Gasteiger partial charge in [-0.1, -0.05) is 26.2 Å². The fourth-order valence-corrected chi connectivity index (χ4v) is 4.34. The molecule has 24 heavy (non-hydrogen) atoms. The zero-order valence-corrected chi connectivity index (χ0v) is 15.3. The minimum Gasteiger partial charge on any atom is -0.379 e. The maximum atomic E-state index is 5.59. The maximum absolute atomic E-state index is 5.59. The van der Waals surface area contributed by atoms with Crippen LogP contribution in [0.1, 0.15) is 50.4 Å². The molecule has 0 radical (unpaired) electrons. The highest BCUT2D eigenvalue weighted by Gasteiger charge is 2.39. The molecule has 1 aliphatic heterocycles. The predicted molar refractivity (Wildman–Crippen MR) is 96.0 cm³/mol. The van der Waals surface area contributed by atoms with Gasteiger partial charge in [-0.2, -0.15) is 0 Å². The van der Waals surface area contributed by atoms with E-state index in [9.17, 15) is 0 Å². The van der Waals surface area contributed by atoms with Crippen LogP contribution in [0.15, 0.2) is 12.4 Å². The Labute approximate surface area is 146 Å². The fraction of sp³-hybridized carbons (Fsp3) is 0.789. The number of aromatic nitrogens is 2. The second kappa shape index (κ2) is 8.37. The first-order valence-corrected chi connectivity index (χ1v) is 9.53. The van der Waals surface area contributed by atoms with E-state index in [0.717, 1.165) is 51.6 Å². The van der Waals surface area contributed by atoms with Crippen molar-refractivity contribution >= 4 is 0 Å². The van der Waals surface area contributed by atoms with Gasteiger partial charge < -0.3 is 9.64 Å². The van der Waals surface area contributed by atoms with Crippen molar-refractivity contribution in [3.05, 3.63) is 23.8 Å². The van der Waals surface area contributed by atoms with Crippen LogP contribution in [0.5, 0.6) is 0 Å². The normalized spacial score (nSPS) is 22.0. The molecule has 134 valence electrons. The second-order valence-corrected chi connectivity index (χ2v) is 7.42. The van der Waals surface area contributed by atoms with Crippen LogP contribution in [-0.2, 0) is 17.7 Å². The molecule has 2 fully saturated rings. The molecule has 0 spiro atoms. The van der Waals surface area contributed by atoms with Gasteiger partial charge in [-0.3, -0.25) is 4.90 Å². The zero-order chi connectivity index (χ0) is 16.8. The summed E-state index contributed by atoms with van der Waals surface area (Å²) in [5.41, 5.74) is 1.55. The molecule has 1 saturated heterocycles. The first-order valence-electron chi connectivity index (χ1n) is 9.53. The van der Waals surface area contributed by atoms with Gasteiger partial charge in [0.2, 0.25) is 0 Å². The van der Waals surface area contributed by atoms with Gasteiger partial charge in [0.1, 0.15) is 5.82 Å². The Morgan fingerprint density at radius 1 is 1.12 bits per heavy atom. The van der Waals surface area contributed by atoms with Gasteiger partial charge in [-0.15, -0.1) is 0 Å². The van der Waals surface area contributed by atoms with Gasteiger partial charge in [-0.05, 0) is 19.9 Å². The molecule has 1 aromatic rings. The number of nitrogens with zero attached hydrogens (tertiary/aromatic N) is 4. The minimum absolute atomic E-state index is 0.334. The molecule has 1 aromatic heterocycles. The predicted octanol–water partition coefficient (Wildman–Crippen LogP) is 2.51. The molecule has 0 unspecified atom stereocenters. The molecule has 1 aliphatic carbocycles. The number of likely N-dealkylation sites (N-methyl/N-ethyl adjacent to an activating group) is 1. The summed E-state index contributed by atoms with van der Waals surface area (Å²) in [6.07, 6.45) is 11.6. The van der Waals surface area contributed by atoms with E-state index in [1.54, 1.807) is 0 Å². The Hall–Kier alpha value is -1.04. The minimum atomic E-state index is 0.334. The molecule has 0 bridgehead atoms. The molecule has 5 nitrogen and oxygen atoms in total. The average molecular weight is 332 g/mol. The van der Waals surface area contributed by atoms with Crippen LogP contribution < -0.4 is 0 Å². The van der Waals surface area contributed by atoms with Crippen LogP contribution in [0.25, 0.3) is 0 Å². The summed E-state index contributed by atoms with van der Waals surface area (Å²) in [4.78, 5) is 14.1. The molecule has 0 amide bonds. The number of hydrogen-bond acceptors (Lipinski definition) is 5. The summed E-state index contributed by atoms with van der Waals surface area (Å²) in [6.45, 7) is 8.09. The van der Waals surface area contributed by atoms with Gasteiger partial charge in [0.15, 0.2) is 0 Å². The van der Waals surface area contributed by atoms with E-state index in [2.05, 4.69) is 33.7 Å². The van der Waals surface area contributed by atoms with E-state index in [1.807, 2.05) is 12.4 Å². The Morgan fingerprint density at radius 2 is 1.79 bits per heavy atom. The van der Waals surface area contributed by atoms with Crippen LogP contribution in [0.2, 0.25) is 0 Å². The molecule has 2 aliphatic rings. The van der Waals surface area contributed by atoms with E-state index in [0.29, 0.717) is 5.54 Å². The van der Waals surface area contributed by atoms with Crippen LogP contribution in [0, 0.1) is 0 Å². The van der Waals surface area contributed by atoms with Crippen molar-refractivity contribution in [2.24, 2.45) is 0 Å². The molecule has 0 aromatic carbocycles. The van der Waals surface area contributed by atoms with Crippen LogP contribution in [0.4, 0.5) is 0 Å². The van der Waals surface area contributed by atoms with E-state index in [1.165, 1.54) is 37.7 Å². The third-order valence-corrected chi connectivity index (χ3v) is 5.56. The van der Waals surface area contributed by atoms with Gasteiger partial charge in [0.05, 0.1) is 13.2 Å². The highest BCUT2D eigenvalue weighted by atomic mass is 16.5. The number of hydrogen-bond donors (Lipinski definition) is 0. The molecule has 0 N–H and O–H groups in total. The van der Waals surface area contributed by atoms with Gasteiger partial charge in [-0.25, -0.2) is 9.97 Å². The quantitative estimate of drug-likeness (QED) is 0.801. The number of ether oxygens (including phenoxy) is 1. The lowest BCUT2D eigenvalue weighted by Crippen LogP contribution is -2.59. The van der Waals surface area contributed by atoms with Crippen molar-refractivity contribution in [3.8, 4) is 0 Å². The lowest BCUT2D eigenvalue weighted by Gasteiger charge is -2.49. The van der Waals surface area contributed by atoms with Gasteiger partial charge >= 0.3 is 0 Å². The Kier molecular flexibility index (Phi) is 6.19. The van der Waals surface area contributed by atoms with Crippen LogP contribution in [-0.4, -0.2) is 65.2 Å². The third kappa shape index (κ3) is 4.32. The largest absolute Gasteiger partial charge is 0.379 e. The molecule has 3 rings (SSSR count). The van der Waals surface area contributed by atoms with Crippen molar-refractivity contribution in [1.82, 2.24) is 19.8 Å². The Morgan fingerprint density at radius 3 is 2.42 bits per heavy atom. The molecular weight excluding hydrogens is 300 g/mol. The van der Waals surface area contributed by atoms with E-state index in [-0.39, 0.29) is 0 Å². The summed E-state index contributed by atoms with van der Waals surface area (Å²) in [5.74, 6) is 0.929. The monoisotopic (exact) mass is 332 g/mol. The average Bonchev–Trinajstić information content (AvgIpc) is 2.64. The van der Waals surface area contributed by atoms with Crippen molar-refractivity contribution < 1.29 is 4.74 Å². The SMILES string of the molecule is CCc1ncc(CN(C)CC2(N3CCOCC3)CCCCC2)cn1.